The Labute approximate surface area is 86.6 Å². The predicted molar refractivity (Wildman–Crippen MR) is 54.0 cm³/mol. The normalized spacial score (nSPS) is 10.1. The van der Waals surface area contributed by atoms with Crippen LogP contribution in [-0.2, 0) is 4.79 Å². The third-order valence-electron chi connectivity index (χ3n) is 1.77. The average Bonchev–Trinajstić information content (AvgIpc) is 2.17. The first-order valence-electron chi connectivity index (χ1n) is 4.28. The zero-order chi connectivity index (χ0) is 11.3. The van der Waals surface area contributed by atoms with Crippen LogP contribution < -0.4 is 5.73 Å². The zero-order valence-corrected chi connectivity index (χ0v) is 7.90. The van der Waals surface area contributed by atoms with E-state index >= 15 is 0 Å². The molecular weight excluding hydrogens is 195 g/mol. The summed E-state index contributed by atoms with van der Waals surface area (Å²) in [6.45, 7) is 0. The molecule has 3 nitrogen and oxygen atoms in total. The molecular formula is C11H9FN2O. The van der Waals surface area contributed by atoms with Gasteiger partial charge in [0.2, 0.25) is 5.91 Å². The van der Waals surface area contributed by atoms with E-state index in [0.717, 1.165) is 0 Å². The molecule has 0 aromatic heterocycles. The van der Waals surface area contributed by atoms with Gasteiger partial charge in [0.05, 0.1) is 5.56 Å². The standard InChI is InChI=1S/C11H9FN2O/c12-10-5-1-3-8(9(10)7-13)4-2-6-11(14)15/h1-5H,6H2,(H2,14,15). The Morgan fingerprint density at radius 3 is 2.93 bits per heavy atom. The molecule has 0 spiro atoms. The Morgan fingerprint density at radius 1 is 1.60 bits per heavy atom. The van der Waals surface area contributed by atoms with Gasteiger partial charge in [-0.2, -0.15) is 5.26 Å². The third-order valence-corrected chi connectivity index (χ3v) is 1.77. The topological polar surface area (TPSA) is 66.9 Å². The van der Waals surface area contributed by atoms with E-state index in [1.807, 2.05) is 0 Å². The fraction of sp³-hybridized carbons (Fsp3) is 0.0909. The smallest absolute Gasteiger partial charge is 0.221 e. The number of amides is 1. The molecule has 0 aliphatic carbocycles. The summed E-state index contributed by atoms with van der Waals surface area (Å²) in [6, 6.07) is 6.07. The Morgan fingerprint density at radius 2 is 2.33 bits per heavy atom. The van der Waals surface area contributed by atoms with Crippen molar-refractivity contribution in [2.45, 2.75) is 6.42 Å². The van der Waals surface area contributed by atoms with E-state index in [-0.39, 0.29) is 12.0 Å². The summed E-state index contributed by atoms with van der Waals surface area (Å²) in [5, 5.41) is 8.69. The van der Waals surface area contributed by atoms with Crippen molar-refractivity contribution < 1.29 is 9.18 Å². The molecule has 2 N–H and O–H groups in total. The van der Waals surface area contributed by atoms with Crippen molar-refractivity contribution in [1.82, 2.24) is 0 Å². The van der Waals surface area contributed by atoms with Crippen molar-refractivity contribution in [1.29, 1.82) is 5.26 Å². The summed E-state index contributed by atoms with van der Waals surface area (Å²) in [4.78, 5) is 10.4. The van der Waals surface area contributed by atoms with E-state index in [1.54, 1.807) is 12.1 Å². The molecule has 0 saturated carbocycles. The summed E-state index contributed by atoms with van der Waals surface area (Å²) in [7, 11) is 0. The number of primary amides is 1. The molecule has 0 heterocycles. The molecule has 1 rings (SSSR count). The fourth-order valence-electron chi connectivity index (χ4n) is 1.10. The van der Waals surface area contributed by atoms with Gasteiger partial charge < -0.3 is 5.73 Å². The number of nitrogens with zero attached hydrogens (tertiary/aromatic N) is 1. The van der Waals surface area contributed by atoms with Crippen LogP contribution in [0.5, 0.6) is 0 Å². The number of rotatable bonds is 3. The van der Waals surface area contributed by atoms with Crippen LogP contribution in [0.3, 0.4) is 0 Å². The largest absolute Gasteiger partial charge is 0.369 e. The molecule has 1 amide bonds. The highest BCUT2D eigenvalue weighted by molar-refractivity contribution is 5.76. The fourth-order valence-corrected chi connectivity index (χ4v) is 1.10. The molecule has 4 heteroatoms. The number of carbonyl (C=O) groups is 1. The van der Waals surface area contributed by atoms with E-state index < -0.39 is 11.7 Å². The van der Waals surface area contributed by atoms with Crippen molar-refractivity contribution in [3.8, 4) is 6.07 Å². The molecule has 0 unspecified atom stereocenters. The van der Waals surface area contributed by atoms with Gasteiger partial charge in [-0.25, -0.2) is 4.39 Å². The molecule has 1 aromatic carbocycles. The molecule has 15 heavy (non-hydrogen) atoms. The van der Waals surface area contributed by atoms with Crippen LogP contribution >= 0.6 is 0 Å². The SMILES string of the molecule is N#Cc1c(F)cccc1C=CCC(N)=O. The lowest BCUT2D eigenvalue weighted by Gasteiger charge is -1.97. The van der Waals surface area contributed by atoms with Crippen LogP contribution in [0, 0.1) is 17.1 Å². The minimum atomic E-state index is -0.571. The van der Waals surface area contributed by atoms with Crippen LogP contribution in [0.1, 0.15) is 17.5 Å². The second-order valence-electron chi connectivity index (χ2n) is 2.89. The van der Waals surface area contributed by atoms with Crippen molar-refractivity contribution in [2.75, 3.05) is 0 Å². The second-order valence-corrected chi connectivity index (χ2v) is 2.89. The molecule has 0 saturated heterocycles. The first kappa shape index (κ1) is 10.9. The zero-order valence-electron chi connectivity index (χ0n) is 7.90. The molecule has 0 aliphatic heterocycles. The molecule has 0 atom stereocenters. The molecule has 0 radical (unpaired) electrons. The van der Waals surface area contributed by atoms with E-state index in [4.69, 9.17) is 11.0 Å². The maximum absolute atomic E-state index is 13.1. The van der Waals surface area contributed by atoms with Crippen molar-refractivity contribution in [2.24, 2.45) is 5.73 Å². The van der Waals surface area contributed by atoms with Gasteiger partial charge in [-0.05, 0) is 11.6 Å². The minimum absolute atomic E-state index is 0.0294. The van der Waals surface area contributed by atoms with Crippen molar-refractivity contribution in [3.05, 3.63) is 41.2 Å². The lowest BCUT2D eigenvalue weighted by Crippen LogP contribution is -2.07. The Hall–Kier alpha value is -2.15. The number of hydrogen-bond donors (Lipinski definition) is 1. The number of halogens is 1. The van der Waals surface area contributed by atoms with Crippen LogP contribution in [0.2, 0.25) is 0 Å². The van der Waals surface area contributed by atoms with Gasteiger partial charge in [-0.15, -0.1) is 0 Å². The number of nitriles is 1. The monoisotopic (exact) mass is 204 g/mol. The Kier molecular flexibility index (Phi) is 3.58. The van der Waals surface area contributed by atoms with Crippen LogP contribution in [-0.4, -0.2) is 5.91 Å². The first-order chi connectivity index (χ1) is 7.15. The van der Waals surface area contributed by atoms with Gasteiger partial charge in [0, 0.05) is 6.42 Å². The van der Waals surface area contributed by atoms with Crippen molar-refractivity contribution >= 4 is 12.0 Å². The Balaban J connectivity index is 2.96. The maximum atomic E-state index is 13.1. The first-order valence-corrected chi connectivity index (χ1v) is 4.28. The number of nitrogens with two attached hydrogens (primary N) is 1. The van der Waals surface area contributed by atoms with E-state index in [9.17, 15) is 9.18 Å². The van der Waals surface area contributed by atoms with Crippen LogP contribution in [0.4, 0.5) is 4.39 Å². The lowest BCUT2D eigenvalue weighted by molar-refractivity contribution is -0.117. The van der Waals surface area contributed by atoms with Gasteiger partial charge in [-0.3, -0.25) is 4.79 Å². The van der Waals surface area contributed by atoms with Gasteiger partial charge in [-0.1, -0.05) is 24.3 Å². The maximum Gasteiger partial charge on any atom is 0.221 e. The van der Waals surface area contributed by atoms with E-state index in [0.29, 0.717) is 5.56 Å². The average molecular weight is 204 g/mol. The highest BCUT2D eigenvalue weighted by atomic mass is 19.1. The predicted octanol–water partition coefficient (Wildman–Crippen LogP) is 1.59. The van der Waals surface area contributed by atoms with E-state index in [2.05, 4.69) is 0 Å². The van der Waals surface area contributed by atoms with Crippen molar-refractivity contribution in [3.63, 3.8) is 0 Å². The molecule has 0 fully saturated rings. The molecule has 1 aromatic rings. The summed E-state index contributed by atoms with van der Waals surface area (Å²) >= 11 is 0. The Bertz CT molecular complexity index is 446. The second kappa shape index (κ2) is 4.91. The summed E-state index contributed by atoms with van der Waals surface area (Å²) in [5.41, 5.74) is 5.34. The quantitative estimate of drug-likeness (QED) is 0.812. The van der Waals surface area contributed by atoms with Crippen LogP contribution in [0.15, 0.2) is 24.3 Å². The molecule has 0 bridgehead atoms. The lowest BCUT2D eigenvalue weighted by atomic mass is 10.1. The van der Waals surface area contributed by atoms with Gasteiger partial charge in [0.1, 0.15) is 11.9 Å². The molecule has 0 aliphatic rings. The van der Waals surface area contributed by atoms with E-state index in [1.165, 1.54) is 24.3 Å². The van der Waals surface area contributed by atoms with Gasteiger partial charge in [0.25, 0.3) is 0 Å². The van der Waals surface area contributed by atoms with Crippen LogP contribution in [0.25, 0.3) is 6.08 Å². The highest BCUT2D eigenvalue weighted by Gasteiger charge is 2.04. The van der Waals surface area contributed by atoms with Gasteiger partial charge >= 0.3 is 0 Å². The van der Waals surface area contributed by atoms with Gasteiger partial charge in [0.15, 0.2) is 0 Å². The molecule has 76 valence electrons. The summed E-state index contributed by atoms with van der Waals surface area (Å²) in [6.07, 6.45) is 3.08. The minimum Gasteiger partial charge on any atom is -0.369 e. The number of carbonyl (C=O) groups excluding carboxylic acids is 1. The number of benzene rings is 1. The summed E-state index contributed by atoms with van der Waals surface area (Å²) in [5.74, 6) is -1.04. The third kappa shape index (κ3) is 2.92. The summed E-state index contributed by atoms with van der Waals surface area (Å²) < 4.78 is 13.1. The number of hydrogen-bond acceptors (Lipinski definition) is 2. The highest BCUT2D eigenvalue weighted by Crippen LogP contribution is 2.13.